The lowest BCUT2D eigenvalue weighted by molar-refractivity contribution is -0.127. The molecule has 0 aliphatic carbocycles. The Hall–Kier alpha value is -3.95. The van der Waals surface area contributed by atoms with Crippen LogP contribution in [0.25, 0.3) is 6.08 Å². The summed E-state index contributed by atoms with van der Waals surface area (Å²) in [7, 11) is 1.54. The molecule has 0 aromatic heterocycles. The summed E-state index contributed by atoms with van der Waals surface area (Å²) in [4.78, 5) is 39.0. The zero-order chi connectivity index (χ0) is 27.1. The topological polar surface area (TPSA) is 94.2 Å². The highest BCUT2D eigenvalue weighted by molar-refractivity contribution is 8.18. The van der Waals surface area contributed by atoms with Crippen molar-refractivity contribution >= 4 is 52.2 Å². The number of nitrogens with one attached hydrogen (secondary N) is 1. The number of ether oxygens (including phenoxy) is 3. The first-order valence-electron chi connectivity index (χ1n) is 11.7. The van der Waals surface area contributed by atoms with Crippen molar-refractivity contribution in [1.29, 1.82) is 0 Å². The molecule has 1 aliphatic rings. The lowest BCUT2D eigenvalue weighted by Crippen LogP contribution is -2.36. The average molecular weight is 553 g/mol. The van der Waals surface area contributed by atoms with E-state index in [2.05, 4.69) is 5.32 Å². The van der Waals surface area contributed by atoms with E-state index < -0.39 is 23.6 Å². The van der Waals surface area contributed by atoms with Crippen LogP contribution in [0.15, 0.2) is 71.6 Å². The summed E-state index contributed by atoms with van der Waals surface area (Å²) in [6.45, 7) is 2.13. The summed E-state index contributed by atoms with van der Waals surface area (Å²) in [5, 5.41) is 2.76. The summed E-state index contributed by atoms with van der Waals surface area (Å²) >= 11 is 7.00. The molecule has 0 unspecified atom stereocenters. The Morgan fingerprint density at radius 1 is 1.03 bits per heavy atom. The van der Waals surface area contributed by atoms with Gasteiger partial charge in [0.05, 0.1) is 18.6 Å². The number of benzene rings is 3. The maximum atomic E-state index is 12.9. The van der Waals surface area contributed by atoms with Crippen LogP contribution < -0.4 is 19.5 Å². The van der Waals surface area contributed by atoms with Crippen molar-refractivity contribution in [1.82, 2.24) is 4.90 Å². The van der Waals surface area contributed by atoms with Crippen LogP contribution in [0.4, 0.5) is 10.5 Å². The second kappa shape index (κ2) is 12.5. The van der Waals surface area contributed by atoms with Crippen LogP contribution in [0.1, 0.15) is 18.1 Å². The molecule has 3 aromatic rings. The molecule has 8 nitrogen and oxygen atoms in total. The second-order valence-electron chi connectivity index (χ2n) is 8.06. The summed E-state index contributed by atoms with van der Waals surface area (Å²) in [6.07, 6.45) is 1.59. The predicted molar refractivity (Wildman–Crippen MR) is 148 cm³/mol. The minimum atomic E-state index is -0.540. The van der Waals surface area contributed by atoms with E-state index in [1.807, 2.05) is 25.1 Å². The molecule has 0 bridgehead atoms. The van der Waals surface area contributed by atoms with Crippen LogP contribution in [0, 0.1) is 0 Å². The van der Waals surface area contributed by atoms with Gasteiger partial charge in [0.2, 0.25) is 5.91 Å². The number of hydrogen-bond donors (Lipinski definition) is 1. The van der Waals surface area contributed by atoms with Crippen molar-refractivity contribution < 1.29 is 28.6 Å². The largest absolute Gasteiger partial charge is 0.497 e. The molecule has 0 radical (unpaired) electrons. The number of amides is 3. The van der Waals surface area contributed by atoms with Crippen LogP contribution in [0.2, 0.25) is 5.02 Å². The Bertz CT molecular complexity index is 1380. The normalized spacial score (nSPS) is 14.1. The molecule has 196 valence electrons. The van der Waals surface area contributed by atoms with Gasteiger partial charge in [0.15, 0.2) is 11.5 Å². The standard InChI is InChI=1S/C28H25ClN2O6S/c1-3-36-24-14-18(8-13-23(24)37-17-19-6-4-5-7-22(19)29)15-25-27(33)31(28(34)38-25)16-26(32)30-20-9-11-21(35-2)12-10-20/h4-15H,3,16-17H2,1-2H3,(H,30,32)/b25-15+. The summed E-state index contributed by atoms with van der Waals surface area (Å²) in [5.74, 6) is 0.629. The summed E-state index contributed by atoms with van der Waals surface area (Å²) in [6, 6.07) is 19.4. The van der Waals surface area contributed by atoms with E-state index in [0.29, 0.717) is 40.1 Å². The Morgan fingerprint density at radius 3 is 2.50 bits per heavy atom. The molecule has 1 aliphatic heterocycles. The first kappa shape index (κ1) is 27.1. The quantitative estimate of drug-likeness (QED) is 0.308. The smallest absolute Gasteiger partial charge is 0.294 e. The van der Waals surface area contributed by atoms with Crippen LogP contribution in [-0.2, 0) is 16.2 Å². The van der Waals surface area contributed by atoms with Crippen LogP contribution in [0.5, 0.6) is 17.2 Å². The lowest BCUT2D eigenvalue weighted by atomic mass is 10.1. The van der Waals surface area contributed by atoms with Crippen molar-refractivity contribution in [3.05, 3.63) is 87.8 Å². The molecule has 10 heteroatoms. The van der Waals surface area contributed by atoms with E-state index in [1.54, 1.807) is 61.7 Å². The van der Waals surface area contributed by atoms with Crippen LogP contribution >= 0.6 is 23.4 Å². The predicted octanol–water partition coefficient (Wildman–Crippen LogP) is 6.00. The third kappa shape index (κ3) is 6.67. The third-order valence-electron chi connectivity index (χ3n) is 5.46. The molecule has 0 atom stereocenters. The van der Waals surface area contributed by atoms with Crippen molar-refractivity contribution in [2.24, 2.45) is 0 Å². The number of carbonyl (C=O) groups excluding carboxylic acids is 3. The molecule has 1 saturated heterocycles. The number of rotatable bonds is 10. The highest BCUT2D eigenvalue weighted by atomic mass is 35.5. The molecular formula is C28H25ClN2O6S. The maximum absolute atomic E-state index is 12.9. The highest BCUT2D eigenvalue weighted by Crippen LogP contribution is 2.35. The lowest BCUT2D eigenvalue weighted by Gasteiger charge is -2.13. The molecule has 1 fully saturated rings. The van der Waals surface area contributed by atoms with Gasteiger partial charge in [-0.3, -0.25) is 19.3 Å². The summed E-state index contributed by atoms with van der Waals surface area (Å²) in [5.41, 5.74) is 2.01. The van der Waals surface area contributed by atoms with Gasteiger partial charge in [-0.1, -0.05) is 35.9 Å². The van der Waals surface area contributed by atoms with Crippen LogP contribution in [-0.4, -0.2) is 42.2 Å². The Kier molecular flexibility index (Phi) is 8.93. The SMILES string of the molecule is CCOc1cc(/C=C2/SC(=O)N(CC(=O)Nc3ccc(OC)cc3)C2=O)ccc1OCc1ccccc1Cl. The molecule has 0 spiro atoms. The average Bonchev–Trinajstić information content (AvgIpc) is 3.17. The van der Waals surface area contributed by atoms with Gasteiger partial charge in [-0.2, -0.15) is 0 Å². The maximum Gasteiger partial charge on any atom is 0.294 e. The second-order valence-corrected chi connectivity index (χ2v) is 9.46. The zero-order valence-corrected chi connectivity index (χ0v) is 22.3. The monoisotopic (exact) mass is 552 g/mol. The molecule has 3 amide bonds. The number of methoxy groups -OCH3 is 1. The van der Waals surface area contributed by atoms with Gasteiger partial charge in [0.25, 0.3) is 11.1 Å². The number of hydrogen-bond acceptors (Lipinski definition) is 7. The molecule has 1 N–H and O–H groups in total. The first-order valence-corrected chi connectivity index (χ1v) is 12.9. The van der Waals surface area contributed by atoms with E-state index in [0.717, 1.165) is 22.2 Å². The number of nitrogens with zero attached hydrogens (tertiary/aromatic N) is 1. The summed E-state index contributed by atoms with van der Waals surface area (Å²) < 4.78 is 16.8. The van der Waals surface area contributed by atoms with Gasteiger partial charge in [-0.15, -0.1) is 0 Å². The van der Waals surface area contributed by atoms with E-state index >= 15 is 0 Å². The molecule has 3 aromatic carbocycles. The van der Waals surface area contributed by atoms with Crippen molar-refractivity contribution in [2.75, 3.05) is 25.6 Å². The van der Waals surface area contributed by atoms with Crippen molar-refractivity contribution in [3.63, 3.8) is 0 Å². The fourth-order valence-electron chi connectivity index (χ4n) is 3.58. The van der Waals surface area contributed by atoms with Gasteiger partial charge in [0.1, 0.15) is 18.9 Å². The van der Waals surface area contributed by atoms with Gasteiger partial charge < -0.3 is 19.5 Å². The Morgan fingerprint density at radius 2 is 1.79 bits per heavy atom. The fourth-order valence-corrected chi connectivity index (χ4v) is 4.61. The van der Waals surface area contributed by atoms with E-state index in [9.17, 15) is 14.4 Å². The van der Waals surface area contributed by atoms with Gasteiger partial charge in [0, 0.05) is 16.3 Å². The van der Waals surface area contributed by atoms with E-state index in [1.165, 1.54) is 0 Å². The number of carbonyl (C=O) groups is 3. The van der Waals surface area contributed by atoms with Crippen LogP contribution in [0.3, 0.4) is 0 Å². The molecule has 0 saturated carbocycles. The third-order valence-corrected chi connectivity index (χ3v) is 6.73. The Balaban J connectivity index is 1.43. The minimum Gasteiger partial charge on any atom is -0.497 e. The van der Waals surface area contributed by atoms with Gasteiger partial charge >= 0.3 is 0 Å². The number of halogens is 1. The van der Waals surface area contributed by atoms with Gasteiger partial charge in [-0.05, 0) is 72.8 Å². The molecule has 38 heavy (non-hydrogen) atoms. The van der Waals surface area contributed by atoms with Crippen molar-refractivity contribution in [2.45, 2.75) is 13.5 Å². The minimum absolute atomic E-state index is 0.208. The van der Waals surface area contributed by atoms with Crippen molar-refractivity contribution in [3.8, 4) is 17.2 Å². The number of imide groups is 1. The number of anilines is 1. The Labute approximate surface area is 229 Å². The first-order chi connectivity index (χ1) is 18.4. The molecular weight excluding hydrogens is 528 g/mol. The van der Waals surface area contributed by atoms with E-state index in [-0.39, 0.29) is 11.5 Å². The van der Waals surface area contributed by atoms with Gasteiger partial charge in [-0.25, -0.2) is 0 Å². The number of thioether (sulfide) groups is 1. The highest BCUT2D eigenvalue weighted by Gasteiger charge is 2.36. The molecule has 1 heterocycles. The fraction of sp³-hybridized carbons (Fsp3) is 0.179. The zero-order valence-electron chi connectivity index (χ0n) is 20.7. The van der Waals surface area contributed by atoms with E-state index in [4.69, 9.17) is 25.8 Å². The molecule has 4 rings (SSSR count).